The third-order valence-electron chi connectivity index (χ3n) is 4.14. The molecule has 0 bridgehead atoms. The summed E-state index contributed by atoms with van der Waals surface area (Å²) in [6.45, 7) is 5.29. The summed E-state index contributed by atoms with van der Waals surface area (Å²) < 4.78 is 1.85. The summed E-state index contributed by atoms with van der Waals surface area (Å²) in [6, 6.07) is 2.81. The molecule has 1 aliphatic rings. The maximum atomic E-state index is 4.53. The molecule has 5 heteroatoms. The number of nitrogens with one attached hydrogen (secondary N) is 1. The van der Waals surface area contributed by atoms with Crippen LogP contribution in [0, 0.1) is 6.92 Å². The van der Waals surface area contributed by atoms with Gasteiger partial charge in [0.05, 0.1) is 5.69 Å². The summed E-state index contributed by atoms with van der Waals surface area (Å²) in [5.41, 5.74) is 3.25. The van der Waals surface area contributed by atoms with Crippen LogP contribution in [0.3, 0.4) is 0 Å². The Balaban J connectivity index is 1.70. The monoisotopic (exact) mass is 273 g/mol. The predicted molar refractivity (Wildman–Crippen MR) is 80.6 cm³/mol. The highest BCUT2D eigenvalue weighted by atomic mass is 15.3. The van der Waals surface area contributed by atoms with E-state index >= 15 is 0 Å². The fraction of sp³-hybridized carbons (Fsp3) is 0.600. The Morgan fingerprint density at radius 3 is 3.05 bits per heavy atom. The Hall–Kier alpha value is -1.46. The quantitative estimate of drug-likeness (QED) is 0.919. The topological polar surface area (TPSA) is 46.0 Å². The van der Waals surface area contributed by atoms with Gasteiger partial charge in [-0.05, 0) is 45.0 Å². The highest BCUT2D eigenvalue weighted by Gasteiger charge is 2.16. The van der Waals surface area contributed by atoms with E-state index in [4.69, 9.17) is 0 Å². The van der Waals surface area contributed by atoms with Crippen LogP contribution in [0.15, 0.2) is 12.3 Å². The van der Waals surface area contributed by atoms with Crippen molar-refractivity contribution < 1.29 is 0 Å². The van der Waals surface area contributed by atoms with Gasteiger partial charge in [0.15, 0.2) is 5.65 Å². The van der Waals surface area contributed by atoms with Crippen LogP contribution in [0.4, 0.5) is 0 Å². The minimum Gasteiger partial charge on any atom is -0.309 e. The lowest BCUT2D eigenvalue weighted by Crippen LogP contribution is -2.43. The molecule has 2 aromatic heterocycles. The van der Waals surface area contributed by atoms with Crippen LogP contribution in [0.5, 0.6) is 0 Å². The van der Waals surface area contributed by atoms with Gasteiger partial charge in [0.1, 0.15) is 0 Å². The Morgan fingerprint density at radius 2 is 2.25 bits per heavy atom. The number of likely N-dealkylation sites (N-methyl/N-ethyl adjacent to an activating group) is 1. The third-order valence-corrected chi connectivity index (χ3v) is 4.14. The second kappa shape index (κ2) is 5.50. The zero-order valence-corrected chi connectivity index (χ0v) is 12.6. The second-order valence-corrected chi connectivity index (χ2v) is 5.91. The lowest BCUT2D eigenvalue weighted by Gasteiger charge is -2.30. The first-order chi connectivity index (χ1) is 9.63. The molecule has 108 valence electrons. The number of hydrogen-bond acceptors (Lipinski definition) is 4. The van der Waals surface area contributed by atoms with Crippen molar-refractivity contribution in [3.63, 3.8) is 0 Å². The van der Waals surface area contributed by atoms with Crippen molar-refractivity contribution in [1.29, 1.82) is 0 Å². The summed E-state index contributed by atoms with van der Waals surface area (Å²) in [5, 5.41) is 9.23. The average molecular weight is 273 g/mol. The fourth-order valence-corrected chi connectivity index (χ4v) is 3.04. The molecule has 1 saturated heterocycles. The van der Waals surface area contributed by atoms with E-state index in [1.807, 2.05) is 24.9 Å². The molecule has 1 fully saturated rings. The predicted octanol–water partition coefficient (Wildman–Crippen LogP) is 1.46. The van der Waals surface area contributed by atoms with Gasteiger partial charge in [-0.3, -0.25) is 4.68 Å². The van der Waals surface area contributed by atoms with Crippen LogP contribution in [0.2, 0.25) is 0 Å². The Kier molecular flexibility index (Phi) is 3.72. The van der Waals surface area contributed by atoms with Crippen LogP contribution in [0.25, 0.3) is 11.0 Å². The van der Waals surface area contributed by atoms with Gasteiger partial charge in [0.25, 0.3) is 0 Å². The minimum absolute atomic E-state index is 0.597. The number of rotatable bonds is 3. The number of aromatic nitrogens is 3. The average Bonchev–Trinajstić information content (AvgIpc) is 2.72. The summed E-state index contributed by atoms with van der Waals surface area (Å²) in [4.78, 5) is 6.93. The first-order valence-electron chi connectivity index (χ1n) is 7.33. The van der Waals surface area contributed by atoms with E-state index in [1.54, 1.807) is 0 Å². The molecule has 1 aliphatic heterocycles. The molecule has 0 aromatic carbocycles. The van der Waals surface area contributed by atoms with Crippen LogP contribution in [0.1, 0.15) is 24.1 Å². The first kappa shape index (κ1) is 13.5. The van der Waals surface area contributed by atoms with Crippen LogP contribution < -0.4 is 5.32 Å². The van der Waals surface area contributed by atoms with E-state index in [9.17, 15) is 0 Å². The number of likely N-dealkylation sites (tertiary alicyclic amines) is 1. The molecule has 1 atom stereocenters. The van der Waals surface area contributed by atoms with Gasteiger partial charge in [0, 0.05) is 37.8 Å². The maximum absolute atomic E-state index is 4.53. The van der Waals surface area contributed by atoms with Gasteiger partial charge < -0.3 is 10.2 Å². The molecule has 5 nitrogen and oxygen atoms in total. The molecule has 0 spiro atoms. The van der Waals surface area contributed by atoms with E-state index in [1.165, 1.54) is 24.9 Å². The van der Waals surface area contributed by atoms with Gasteiger partial charge in [-0.15, -0.1) is 0 Å². The van der Waals surface area contributed by atoms with Crippen LogP contribution in [-0.4, -0.2) is 45.8 Å². The fourth-order valence-electron chi connectivity index (χ4n) is 3.04. The van der Waals surface area contributed by atoms with E-state index in [0.29, 0.717) is 6.04 Å². The van der Waals surface area contributed by atoms with Crippen molar-refractivity contribution in [3.8, 4) is 0 Å². The van der Waals surface area contributed by atoms with Gasteiger partial charge >= 0.3 is 0 Å². The zero-order valence-electron chi connectivity index (χ0n) is 12.6. The Bertz CT molecular complexity index is 604. The molecule has 0 aliphatic carbocycles. The molecule has 2 aromatic rings. The number of fused-ring (bicyclic) bond motifs is 1. The summed E-state index contributed by atoms with van der Waals surface area (Å²) in [5.74, 6) is 0. The zero-order chi connectivity index (χ0) is 14.1. The largest absolute Gasteiger partial charge is 0.309 e. The lowest BCUT2D eigenvalue weighted by atomic mass is 10.1. The Labute approximate surface area is 120 Å². The smallest absolute Gasteiger partial charge is 0.157 e. The van der Waals surface area contributed by atoms with Crippen molar-refractivity contribution in [2.45, 2.75) is 32.4 Å². The molecule has 3 heterocycles. The molecule has 1 unspecified atom stereocenters. The summed E-state index contributed by atoms with van der Waals surface area (Å²) in [6.07, 6.45) is 4.52. The number of hydrogen-bond donors (Lipinski definition) is 1. The lowest BCUT2D eigenvalue weighted by molar-refractivity contribution is 0.226. The first-order valence-corrected chi connectivity index (χ1v) is 7.33. The number of pyridine rings is 1. The van der Waals surface area contributed by atoms with Crippen LogP contribution >= 0.6 is 0 Å². The van der Waals surface area contributed by atoms with Crippen molar-refractivity contribution in [1.82, 2.24) is 25.0 Å². The van der Waals surface area contributed by atoms with Crippen molar-refractivity contribution in [2.75, 3.05) is 20.1 Å². The molecular weight excluding hydrogens is 250 g/mol. The van der Waals surface area contributed by atoms with E-state index in [2.05, 4.69) is 33.4 Å². The molecule has 0 saturated carbocycles. The Morgan fingerprint density at radius 1 is 1.40 bits per heavy atom. The highest BCUT2D eigenvalue weighted by Crippen LogP contribution is 2.17. The third kappa shape index (κ3) is 2.69. The van der Waals surface area contributed by atoms with Gasteiger partial charge in [0.2, 0.25) is 0 Å². The molecule has 3 rings (SSSR count). The van der Waals surface area contributed by atoms with Crippen molar-refractivity contribution in [2.24, 2.45) is 7.05 Å². The number of piperidine rings is 1. The molecule has 1 N–H and O–H groups in total. The number of nitrogens with zero attached hydrogens (tertiary/aromatic N) is 4. The molecule has 0 amide bonds. The van der Waals surface area contributed by atoms with Gasteiger partial charge in [-0.1, -0.05) is 0 Å². The molecule has 0 radical (unpaired) electrons. The second-order valence-electron chi connectivity index (χ2n) is 5.91. The van der Waals surface area contributed by atoms with E-state index < -0.39 is 0 Å². The normalized spacial score (nSPS) is 20.6. The van der Waals surface area contributed by atoms with E-state index in [-0.39, 0.29) is 0 Å². The minimum atomic E-state index is 0.597. The van der Waals surface area contributed by atoms with Crippen molar-refractivity contribution >= 4 is 11.0 Å². The standard InChI is InChI=1S/C15H23N5/c1-11-14-7-12(9-17-15(14)20(3)18-11)8-16-13-5-4-6-19(2)10-13/h7,9,13,16H,4-6,8,10H2,1-3H3. The summed E-state index contributed by atoms with van der Waals surface area (Å²) in [7, 11) is 4.14. The SMILES string of the molecule is Cc1nn(C)c2ncc(CNC3CCCN(C)C3)cc12. The van der Waals surface area contributed by atoms with E-state index in [0.717, 1.165) is 29.8 Å². The maximum Gasteiger partial charge on any atom is 0.157 e. The van der Waals surface area contributed by atoms with Gasteiger partial charge in [-0.2, -0.15) is 5.10 Å². The number of aryl methyl sites for hydroxylation is 2. The van der Waals surface area contributed by atoms with Crippen LogP contribution in [-0.2, 0) is 13.6 Å². The van der Waals surface area contributed by atoms with Gasteiger partial charge in [-0.25, -0.2) is 4.98 Å². The van der Waals surface area contributed by atoms with Crippen molar-refractivity contribution in [3.05, 3.63) is 23.5 Å². The highest BCUT2D eigenvalue weighted by molar-refractivity contribution is 5.78. The molecule has 20 heavy (non-hydrogen) atoms. The molecular formula is C15H23N5. The summed E-state index contributed by atoms with van der Waals surface area (Å²) >= 11 is 0.